The lowest BCUT2D eigenvalue weighted by molar-refractivity contribution is -0.118. The van der Waals surface area contributed by atoms with E-state index in [1.165, 1.54) is 6.20 Å². The lowest BCUT2D eigenvalue weighted by Crippen LogP contribution is -2.45. The molecule has 0 aliphatic carbocycles. The second-order valence-corrected chi connectivity index (χ2v) is 7.55. The van der Waals surface area contributed by atoms with Gasteiger partial charge in [-0.25, -0.2) is 15.0 Å². The molecule has 0 radical (unpaired) electrons. The van der Waals surface area contributed by atoms with Crippen LogP contribution in [0.2, 0.25) is 5.02 Å². The van der Waals surface area contributed by atoms with E-state index >= 15 is 0 Å². The predicted octanol–water partition coefficient (Wildman–Crippen LogP) is 2.15. The molecule has 1 saturated heterocycles. The third-order valence-corrected chi connectivity index (χ3v) is 5.06. The van der Waals surface area contributed by atoms with Crippen molar-refractivity contribution >= 4 is 40.4 Å². The normalized spacial score (nSPS) is 14.7. The SMILES string of the molecule is Cc1nc(N2CCN(C)CC2)nc2ncc(NC(=O)COc3ccc(Cl)cc3)nc12. The molecule has 2 aromatic heterocycles. The number of anilines is 2. The van der Waals surface area contributed by atoms with Gasteiger partial charge in [-0.05, 0) is 38.2 Å². The smallest absolute Gasteiger partial charge is 0.263 e. The zero-order chi connectivity index (χ0) is 21.1. The van der Waals surface area contributed by atoms with Crippen LogP contribution in [0.4, 0.5) is 11.8 Å². The number of piperazine rings is 1. The van der Waals surface area contributed by atoms with Crippen LogP contribution in [-0.2, 0) is 4.79 Å². The second-order valence-electron chi connectivity index (χ2n) is 7.12. The molecule has 9 nitrogen and oxygen atoms in total. The molecule has 1 amide bonds. The molecule has 0 saturated carbocycles. The minimum absolute atomic E-state index is 0.154. The van der Waals surface area contributed by atoms with Gasteiger partial charge in [-0.15, -0.1) is 0 Å². The first-order valence-corrected chi connectivity index (χ1v) is 9.99. The molecule has 10 heteroatoms. The van der Waals surface area contributed by atoms with Gasteiger partial charge in [0.15, 0.2) is 18.1 Å². The largest absolute Gasteiger partial charge is 0.484 e. The van der Waals surface area contributed by atoms with E-state index in [2.05, 4.69) is 42.1 Å². The number of aromatic nitrogens is 4. The minimum Gasteiger partial charge on any atom is -0.484 e. The number of carbonyl (C=O) groups is 1. The Kier molecular flexibility index (Phi) is 5.91. The number of aryl methyl sites for hydroxylation is 1. The van der Waals surface area contributed by atoms with Gasteiger partial charge in [-0.3, -0.25) is 4.79 Å². The van der Waals surface area contributed by atoms with Gasteiger partial charge < -0.3 is 19.9 Å². The minimum atomic E-state index is -0.341. The Bertz CT molecular complexity index is 1050. The summed E-state index contributed by atoms with van der Waals surface area (Å²) >= 11 is 5.84. The summed E-state index contributed by atoms with van der Waals surface area (Å²) in [7, 11) is 2.10. The Balaban J connectivity index is 1.43. The van der Waals surface area contributed by atoms with Crippen molar-refractivity contribution in [3.63, 3.8) is 0 Å². The summed E-state index contributed by atoms with van der Waals surface area (Å²) in [6, 6.07) is 6.79. The summed E-state index contributed by atoms with van der Waals surface area (Å²) in [5.74, 6) is 1.20. The van der Waals surface area contributed by atoms with Crippen LogP contribution < -0.4 is 15.0 Å². The average molecular weight is 428 g/mol. The molecule has 1 N–H and O–H groups in total. The summed E-state index contributed by atoms with van der Waals surface area (Å²) in [5.41, 5.74) is 1.78. The van der Waals surface area contributed by atoms with E-state index in [1.54, 1.807) is 24.3 Å². The molecule has 1 aliphatic rings. The van der Waals surface area contributed by atoms with Crippen molar-refractivity contribution in [2.24, 2.45) is 0 Å². The van der Waals surface area contributed by atoms with Crippen molar-refractivity contribution < 1.29 is 9.53 Å². The van der Waals surface area contributed by atoms with E-state index in [9.17, 15) is 4.79 Å². The molecule has 1 fully saturated rings. The van der Waals surface area contributed by atoms with Crippen LogP contribution in [0.15, 0.2) is 30.5 Å². The number of rotatable bonds is 5. The number of hydrogen-bond donors (Lipinski definition) is 1. The fourth-order valence-electron chi connectivity index (χ4n) is 3.10. The predicted molar refractivity (Wildman–Crippen MR) is 115 cm³/mol. The number of hydrogen-bond acceptors (Lipinski definition) is 8. The molecule has 1 aliphatic heterocycles. The summed E-state index contributed by atoms with van der Waals surface area (Å²) in [6.07, 6.45) is 1.49. The summed E-state index contributed by atoms with van der Waals surface area (Å²) in [4.78, 5) is 34.6. The topological polar surface area (TPSA) is 96.4 Å². The molecule has 30 heavy (non-hydrogen) atoms. The number of ether oxygens (including phenoxy) is 1. The van der Waals surface area contributed by atoms with Gasteiger partial charge in [0.25, 0.3) is 5.91 Å². The molecule has 0 bridgehead atoms. The Morgan fingerprint density at radius 2 is 1.87 bits per heavy atom. The van der Waals surface area contributed by atoms with Gasteiger partial charge in [0.05, 0.1) is 11.9 Å². The summed E-state index contributed by atoms with van der Waals surface area (Å²) in [6.45, 7) is 5.39. The zero-order valence-electron chi connectivity index (χ0n) is 16.8. The maximum Gasteiger partial charge on any atom is 0.263 e. The summed E-state index contributed by atoms with van der Waals surface area (Å²) in [5, 5.41) is 3.29. The molecule has 4 rings (SSSR count). The van der Waals surface area contributed by atoms with Gasteiger partial charge in [-0.1, -0.05) is 11.6 Å². The van der Waals surface area contributed by atoms with Gasteiger partial charge >= 0.3 is 0 Å². The third kappa shape index (κ3) is 4.74. The van der Waals surface area contributed by atoms with E-state index in [1.807, 2.05) is 6.92 Å². The van der Waals surface area contributed by atoms with Crippen LogP contribution in [0.25, 0.3) is 11.2 Å². The van der Waals surface area contributed by atoms with Crippen LogP contribution in [0, 0.1) is 6.92 Å². The maximum absolute atomic E-state index is 12.2. The van der Waals surface area contributed by atoms with Gasteiger partial charge in [-0.2, -0.15) is 4.98 Å². The first kappa shape index (κ1) is 20.2. The fraction of sp³-hybridized carbons (Fsp3) is 0.350. The number of nitrogens with zero attached hydrogens (tertiary/aromatic N) is 6. The molecule has 3 aromatic rings. The lowest BCUT2D eigenvalue weighted by Gasteiger charge is -2.32. The monoisotopic (exact) mass is 427 g/mol. The van der Waals surface area contributed by atoms with Crippen LogP contribution >= 0.6 is 11.6 Å². The first-order valence-electron chi connectivity index (χ1n) is 9.61. The van der Waals surface area contributed by atoms with Crippen molar-refractivity contribution in [3.8, 4) is 5.75 Å². The highest BCUT2D eigenvalue weighted by atomic mass is 35.5. The summed E-state index contributed by atoms with van der Waals surface area (Å²) < 4.78 is 5.44. The van der Waals surface area contributed by atoms with Gasteiger partial charge in [0.2, 0.25) is 5.95 Å². The van der Waals surface area contributed by atoms with Crippen LogP contribution in [-0.4, -0.2) is 70.6 Å². The van der Waals surface area contributed by atoms with E-state index < -0.39 is 0 Å². The molecular formula is C20H22ClN7O2. The number of halogens is 1. The van der Waals surface area contributed by atoms with E-state index in [0.29, 0.717) is 33.7 Å². The average Bonchev–Trinajstić information content (AvgIpc) is 2.74. The fourth-order valence-corrected chi connectivity index (χ4v) is 3.22. The molecule has 0 unspecified atom stereocenters. The molecule has 0 spiro atoms. The zero-order valence-corrected chi connectivity index (χ0v) is 17.6. The Labute approximate surface area is 179 Å². The number of amides is 1. The van der Waals surface area contributed by atoms with Crippen molar-refractivity contribution in [1.29, 1.82) is 0 Å². The number of fused-ring (bicyclic) bond motifs is 1. The van der Waals surface area contributed by atoms with E-state index in [4.69, 9.17) is 16.3 Å². The van der Waals surface area contributed by atoms with Crippen LogP contribution in [0.1, 0.15) is 5.69 Å². The van der Waals surface area contributed by atoms with Crippen LogP contribution in [0.5, 0.6) is 5.75 Å². The highest BCUT2D eigenvalue weighted by molar-refractivity contribution is 6.30. The number of likely N-dealkylation sites (N-methyl/N-ethyl adjacent to an activating group) is 1. The number of carbonyl (C=O) groups excluding carboxylic acids is 1. The Morgan fingerprint density at radius 1 is 1.13 bits per heavy atom. The third-order valence-electron chi connectivity index (χ3n) is 4.81. The second kappa shape index (κ2) is 8.76. The van der Waals surface area contributed by atoms with Crippen molar-refractivity contribution in [2.75, 3.05) is 50.1 Å². The molecule has 0 atom stereocenters. The van der Waals surface area contributed by atoms with Crippen LogP contribution in [0.3, 0.4) is 0 Å². The number of nitrogens with one attached hydrogen (secondary N) is 1. The van der Waals surface area contributed by atoms with Crippen molar-refractivity contribution in [1.82, 2.24) is 24.8 Å². The Morgan fingerprint density at radius 3 is 2.60 bits per heavy atom. The first-order chi connectivity index (χ1) is 14.5. The lowest BCUT2D eigenvalue weighted by atomic mass is 10.3. The van der Waals surface area contributed by atoms with Crippen molar-refractivity contribution in [2.45, 2.75) is 6.92 Å². The van der Waals surface area contributed by atoms with Gasteiger partial charge in [0.1, 0.15) is 11.3 Å². The van der Waals surface area contributed by atoms with E-state index in [0.717, 1.165) is 31.9 Å². The highest BCUT2D eigenvalue weighted by Crippen LogP contribution is 2.19. The maximum atomic E-state index is 12.2. The molecular weight excluding hydrogens is 406 g/mol. The standard InChI is InChI=1S/C20H22ClN7O2/c1-13-18-19(26-20(23-13)28-9-7-27(2)8-10-28)22-11-16(25-18)24-17(29)12-30-15-5-3-14(21)4-6-15/h3-6,11H,7-10,12H2,1-2H3,(H,24,25,29). The highest BCUT2D eigenvalue weighted by Gasteiger charge is 2.18. The van der Waals surface area contributed by atoms with Gasteiger partial charge in [0, 0.05) is 31.2 Å². The molecule has 1 aromatic carbocycles. The van der Waals surface area contributed by atoms with E-state index in [-0.39, 0.29) is 12.5 Å². The molecule has 3 heterocycles. The van der Waals surface area contributed by atoms with Crippen molar-refractivity contribution in [3.05, 3.63) is 41.2 Å². The number of benzene rings is 1. The molecule has 156 valence electrons. The quantitative estimate of drug-likeness (QED) is 0.661. The Hall–Kier alpha value is -3.04.